The fourth-order valence-electron chi connectivity index (χ4n) is 2.84. The van der Waals surface area contributed by atoms with Gasteiger partial charge in [-0.1, -0.05) is 24.3 Å². The van der Waals surface area contributed by atoms with Crippen LogP contribution in [0.15, 0.2) is 36.5 Å². The van der Waals surface area contributed by atoms with Gasteiger partial charge in [0.15, 0.2) is 0 Å². The summed E-state index contributed by atoms with van der Waals surface area (Å²) in [7, 11) is 0. The largest absolute Gasteiger partial charge is 0.311 e. The Morgan fingerprint density at radius 3 is 3.00 bits per heavy atom. The molecule has 1 aliphatic heterocycles. The first-order chi connectivity index (χ1) is 8.27. The van der Waals surface area contributed by atoms with Crippen LogP contribution < -0.4 is 5.32 Å². The molecule has 0 saturated carbocycles. The zero-order chi connectivity index (χ0) is 11.7. The van der Waals surface area contributed by atoms with E-state index in [1.807, 2.05) is 12.3 Å². The van der Waals surface area contributed by atoms with Gasteiger partial charge in [0, 0.05) is 17.1 Å². The average molecular weight is 226 g/mol. The smallest absolute Gasteiger partial charge is 0.0734 e. The Hall–Kier alpha value is -1.41. The summed E-state index contributed by atoms with van der Waals surface area (Å²) in [6.45, 7) is 3.47. The lowest BCUT2D eigenvalue weighted by Crippen LogP contribution is -2.38. The number of hydrogen-bond donors (Lipinski definition) is 1. The fourth-order valence-corrected chi connectivity index (χ4v) is 2.84. The van der Waals surface area contributed by atoms with E-state index in [1.165, 1.54) is 23.8 Å². The molecule has 0 spiro atoms. The van der Waals surface area contributed by atoms with Crippen LogP contribution in [0.4, 0.5) is 0 Å². The number of fused-ring (bicyclic) bond motifs is 1. The lowest BCUT2D eigenvalue weighted by atomic mass is 9.90. The number of nitrogens with one attached hydrogen (secondary N) is 1. The SMILES string of the molecule is CC1(Cc2cccc3cccnc23)CCCN1. The average Bonchev–Trinajstić information content (AvgIpc) is 2.76. The van der Waals surface area contributed by atoms with Gasteiger partial charge in [0.2, 0.25) is 0 Å². The van der Waals surface area contributed by atoms with Crippen molar-refractivity contribution in [1.29, 1.82) is 0 Å². The van der Waals surface area contributed by atoms with Gasteiger partial charge in [-0.15, -0.1) is 0 Å². The van der Waals surface area contributed by atoms with E-state index in [2.05, 4.69) is 41.5 Å². The van der Waals surface area contributed by atoms with Gasteiger partial charge < -0.3 is 5.32 Å². The van der Waals surface area contributed by atoms with Crippen molar-refractivity contribution in [2.24, 2.45) is 0 Å². The molecule has 1 fully saturated rings. The van der Waals surface area contributed by atoms with Crippen molar-refractivity contribution in [3.63, 3.8) is 0 Å². The summed E-state index contributed by atoms with van der Waals surface area (Å²) < 4.78 is 0. The standard InChI is InChI=1S/C15H18N2/c1-15(8-4-10-17-15)11-13-6-2-5-12-7-3-9-16-14(12)13/h2-3,5-7,9,17H,4,8,10-11H2,1H3. The Morgan fingerprint density at radius 2 is 2.18 bits per heavy atom. The first-order valence-electron chi connectivity index (χ1n) is 6.35. The van der Waals surface area contributed by atoms with Crippen LogP contribution in [0.5, 0.6) is 0 Å². The van der Waals surface area contributed by atoms with E-state index >= 15 is 0 Å². The molecule has 0 aliphatic carbocycles. The molecule has 88 valence electrons. The van der Waals surface area contributed by atoms with Crippen LogP contribution in [0, 0.1) is 0 Å². The van der Waals surface area contributed by atoms with Gasteiger partial charge in [0.25, 0.3) is 0 Å². The van der Waals surface area contributed by atoms with E-state index < -0.39 is 0 Å². The molecule has 1 unspecified atom stereocenters. The molecule has 2 heterocycles. The molecule has 1 aromatic heterocycles. The predicted molar refractivity (Wildman–Crippen MR) is 71.1 cm³/mol. The topological polar surface area (TPSA) is 24.9 Å². The minimum Gasteiger partial charge on any atom is -0.311 e. The highest BCUT2D eigenvalue weighted by atomic mass is 15.0. The third kappa shape index (κ3) is 2.05. The highest BCUT2D eigenvalue weighted by Crippen LogP contribution is 2.26. The Morgan fingerprint density at radius 1 is 1.29 bits per heavy atom. The Bertz CT molecular complexity index is 522. The first kappa shape index (κ1) is 10.7. The van der Waals surface area contributed by atoms with Crippen molar-refractivity contribution in [1.82, 2.24) is 10.3 Å². The number of pyridine rings is 1. The van der Waals surface area contributed by atoms with Gasteiger partial charge in [0.05, 0.1) is 5.52 Å². The fraction of sp³-hybridized carbons (Fsp3) is 0.400. The van der Waals surface area contributed by atoms with Crippen molar-refractivity contribution >= 4 is 10.9 Å². The van der Waals surface area contributed by atoms with E-state index in [0.29, 0.717) is 0 Å². The number of para-hydroxylation sites is 1. The molecule has 1 aliphatic rings. The Kier molecular flexibility index (Phi) is 2.60. The summed E-state index contributed by atoms with van der Waals surface area (Å²) in [6, 6.07) is 10.6. The maximum absolute atomic E-state index is 4.53. The summed E-state index contributed by atoms with van der Waals surface area (Å²) >= 11 is 0. The van der Waals surface area contributed by atoms with Gasteiger partial charge in [-0.25, -0.2) is 0 Å². The number of hydrogen-bond acceptors (Lipinski definition) is 2. The molecule has 0 radical (unpaired) electrons. The third-order valence-corrected chi connectivity index (χ3v) is 3.75. The first-order valence-corrected chi connectivity index (χ1v) is 6.35. The number of nitrogens with zero attached hydrogens (tertiary/aromatic N) is 1. The van der Waals surface area contributed by atoms with Crippen LogP contribution in [-0.2, 0) is 6.42 Å². The van der Waals surface area contributed by atoms with E-state index in [9.17, 15) is 0 Å². The van der Waals surface area contributed by atoms with Crippen LogP contribution in [0.2, 0.25) is 0 Å². The lowest BCUT2D eigenvalue weighted by molar-refractivity contribution is 0.413. The molecule has 2 nitrogen and oxygen atoms in total. The molecule has 17 heavy (non-hydrogen) atoms. The normalized spacial score (nSPS) is 24.3. The monoisotopic (exact) mass is 226 g/mol. The summed E-state index contributed by atoms with van der Waals surface area (Å²) in [5, 5.41) is 4.86. The molecule has 1 saturated heterocycles. The molecular formula is C15H18N2. The van der Waals surface area contributed by atoms with E-state index in [4.69, 9.17) is 0 Å². The van der Waals surface area contributed by atoms with Crippen LogP contribution in [0.3, 0.4) is 0 Å². The van der Waals surface area contributed by atoms with E-state index in [1.54, 1.807) is 0 Å². The van der Waals surface area contributed by atoms with E-state index in [-0.39, 0.29) is 5.54 Å². The Labute approximate surface area is 102 Å². The van der Waals surface area contributed by atoms with Gasteiger partial charge in [-0.2, -0.15) is 0 Å². The van der Waals surface area contributed by atoms with Gasteiger partial charge in [-0.3, -0.25) is 4.98 Å². The third-order valence-electron chi connectivity index (χ3n) is 3.75. The summed E-state index contributed by atoms with van der Waals surface area (Å²) in [5.74, 6) is 0. The molecule has 2 aromatic rings. The van der Waals surface area contributed by atoms with Gasteiger partial charge in [0.1, 0.15) is 0 Å². The summed E-state index contributed by atoms with van der Waals surface area (Å²) in [6.07, 6.45) is 5.50. The number of benzene rings is 1. The maximum atomic E-state index is 4.53. The zero-order valence-electron chi connectivity index (χ0n) is 10.2. The van der Waals surface area contributed by atoms with Crippen LogP contribution >= 0.6 is 0 Å². The van der Waals surface area contributed by atoms with Crippen molar-refractivity contribution in [2.45, 2.75) is 31.7 Å². The number of rotatable bonds is 2. The summed E-state index contributed by atoms with van der Waals surface area (Å²) in [5.41, 5.74) is 2.77. The summed E-state index contributed by atoms with van der Waals surface area (Å²) in [4.78, 5) is 4.53. The quantitative estimate of drug-likeness (QED) is 0.851. The highest BCUT2D eigenvalue weighted by molar-refractivity contribution is 5.81. The predicted octanol–water partition coefficient (Wildman–Crippen LogP) is 2.92. The minimum absolute atomic E-state index is 0.256. The second-order valence-corrected chi connectivity index (χ2v) is 5.26. The second kappa shape index (κ2) is 4.11. The molecule has 0 bridgehead atoms. The van der Waals surface area contributed by atoms with Crippen molar-refractivity contribution in [3.05, 3.63) is 42.1 Å². The number of aromatic nitrogens is 1. The van der Waals surface area contributed by atoms with Gasteiger partial charge in [-0.05, 0) is 44.4 Å². The molecule has 1 atom stereocenters. The van der Waals surface area contributed by atoms with E-state index in [0.717, 1.165) is 18.5 Å². The van der Waals surface area contributed by atoms with Crippen LogP contribution in [0.25, 0.3) is 10.9 Å². The molecule has 1 aromatic carbocycles. The van der Waals surface area contributed by atoms with Crippen molar-refractivity contribution in [2.75, 3.05) is 6.54 Å². The molecular weight excluding hydrogens is 208 g/mol. The van der Waals surface area contributed by atoms with Crippen LogP contribution in [0.1, 0.15) is 25.3 Å². The lowest BCUT2D eigenvalue weighted by Gasteiger charge is -2.24. The second-order valence-electron chi connectivity index (χ2n) is 5.26. The minimum atomic E-state index is 0.256. The molecule has 3 rings (SSSR count). The Balaban J connectivity index is 2.00. The van der Waals surface area contributed by atoms with Crippen molar-refractivity contribution in [3.8, 4) is 0 Å². The zero-order valence-corrected chi connectivity index (χ0v) is 10.2. The van der Waals surface area contributed by atoms with Crippen LogP contribution in [-0.4, -0.2) is 17.1 Å². The molecule has 2 heteroatoms. The van der Waals surface area contributed by atoms with Crippen molar-refractivity contribution < 1.29 is 0 Å². The molecule has 0 amide bonds. The van der Waals surface area contributed by atoms with Gasteiger partial charge >= 0.3 is 0 Å². The highest BCUT2D eigenvalue weighted by Gasteiger charge is 2.28. The maximum Gasteiger partial charge on any atom is 0.0734 e. The molecule has 1 N–H and O–H groups in total.